The number of nitrogens with zero attached hydrogens (tertiary/aromatic N) is 4. The molecule has 2 aromatic rings. The minimum Gasteiger partial charge on any atom is -0.383 e. The molecule has 2 atom stereocenters. The highest BCUT2D eigenvalue weighted by atomic mass is 32.2. The maximum Gasteiger partial charge on any atom is 0.339 e. The number of rotatable bonds is 30. The summed E-state index contributed by atoms with van der Waals surface area (Å²) >= 11 is 2.96. The van der Waals surface area contributed by atoms with Crippen LogP contribution < -0.4 is 44.3 Å². The van der Waals surface area contributed by atoms with Gasteiger partial charge in [0, 0.05) is 49.9 Å². The number of methoxy groups -OCH3 is 1. The van der Waals surface area contributed by atoms with Crippen LogP contribution in [0, 0.1) is 0 Å². The number of guanidine groups is 2. The van der Waals surface area contributed by atoms with E-state index in [1.54, 1.807) is 43.1 Å². The highest BCUT2D eigenvalue weighted by Gasteiger charge is 2.25. The van der Waals surface area contributed by atoms with Gasteiger partial charge in [-0.15, -0.1) is 0 Å². The van der Waals surface area contributed by atoms with Crippen molar-refractivity contribution in [2.24, 2.45) is 32.9 Å². The van der Waals surface area contributed by atoms with Crippen LogP contribution in [0.25, 0.3) is 0 Å². The molecule has 0 heterocycles. The first-order chi connectivity index (χ1) is 27.1. The molecule has 18 heteroatoms. The van der Waals surface area contributed by atoms with Crippen LogP contribution in [0.2, 0.25) is 0 Å². The molecule has 0 aromatic heterocycles. The number of unbranched alkanes of at least 4 members (excludes halogenated alkanes) is 2. The van der Waals surface area contributed by atoms with E-state index >= 15 is 0 Å². The fourth-order valence-electron chi connectivity index (χ4n) is 5.51. The minimum absolute atomic E-state index is 0.0602. The van der Waals surface area contributed by atoms with E-state index in [4.69, 9.17) is 27.7 Å². The SMILES string of the molecule is COCCN(CCCNC(C(N)=O)C(CCCCNC(N)=NCc1ccccc1)SC)CCCNN(SCCCCN=C(N)NC(=O)c1ccccc1)C(N)=O. The molecule has 0 spiro atoms. The Morgan fingerprint density at radius 2 is 1.50 bits per heavy atom. The zero-order valence-corrected chi connectivity index (χ0v) is 34.6. The summed E-state index contributed by atoms with van der Waals surface area (Å²) in [4.78, 5) is 47.5. The molecule has 0 saturated heterocycles. The predicted octanol–water partition coefficient (Wildman–Crippen LogP) is 2.22. The monoisotopic (exact) mass is 816 g/mol. The fourth-order valence-corrected chi connectivity index (χ4v) is 7.24. The molecule has 2 aromatic carbocycles. The van der Waals surface area contributed by atoms with Gasteiger partial charge in [-0.25, -0.2) is 15.2 Å². The molecule has 16 nitrogen and oxygen atoms in total. The Hall–Kier alpha value is -4.07. The lowest BCUT2D eigenvalue weighted by Crippen LogP contribution is -2.49. The summed E-state index contributed by atoms with van der Waals surface area (Å²) in [5, 5.41) is 9.22. The lowest BCUT2D eigenvalue weighted by molar-refractivity contribution is -0.120. The molecule has 0 bridgehead atoms. The van der Waals surface area contributed by atoms with Gasteiger partial charge in [0.25, 0.3) is 5.91 Å². The Morgan fingerprint density at radius 1 is 0.804 bits per heavy atom. The number of carbonyl (C=O) groups excluding carboxylic acids is 3. The van der Waals surface area contributed by atoms with Gasteiger partial charge in [0.1, 0.15) is 0 Å². The van der Waals surface area contributed by atoms with Crippen molar-refractivity contribution in [1.82, 2.24) is 30.7 Å². The third kappa shape index (κ3) is 21.9. The predicted molar refractivity (Wildman–Crippen MR) is 231 cm³/mol. The number of amides is 4. The minimum atomic E-state index is -0.568. The summed E-state index contributed by atoms with van der Waals surface area (Å²) in [6.07, 6.45) is 7.77. The lowest BCUT2D eigenvalue weighted by atomic mass is 10.1. The molecule has 0 fully saturated rings. The van der Waals surface area contributed by atoms with Crippen LogP contribution in [0.15, 0.2) is 70.6 Å². The number of carbonyl (C=O) groups is 3. The summed E-state index contributed by atoms with van der Waals surface area (Å²) in [5.74, 6) is 0.493. The lowest BCUT2D eigenvalue weighted by Gasteiger charge is -2.26. The van der Waals surface area contributed by atoms with Crippen molar-refractivity contribution >= 4 is 53.5 Å². The van der Waals surface area contributed by atoms with Gasteiger partial charge < -0.3 is 43.2 Å². The number of hydrogen-bond donors (Lipinski definition) is 8. The van der Waals surface area contributed by atoms with Gasteiger partial charge in [0.05, 0.1) is 19.2 Å². The number of primary amides is 2. The maximum atomic E-state index is 12.4. The van der Waals surface area contributed by atoms with Crippen molar-refractivity contribution in [1.29, 1.82) is 0 Å². The van der Waals surface area contributed by atoms with Crippen LogP contribution in [0.1, 0.15) is 60.9 Å². The number of urea groups is 1. The van der Waals surface area contributed by atoms with Crippen LogP contribution in [0.3, 0.4) is 0 Å². The first-order valence-corrected chi connectivity index (χ1v) is 21.3. The Kier molecular flexibility index (Phi) is 25.9. The summed E-state index contributed by atoms with van der Waals surface area (Å²) in [5.41, 5.74) is 28.0. The Morgan fingerprint density at radius 3 is 2.16 bits per heavy atom. The second kappa shape index (κ2) is 30.1. The molecular weight excluding hydrogens is 753 g/mol. The van der Waals surface area contributed by atoms with Gasteiger partial charge >= 0.3 is 6.03 Å². The molecule has 12 N–H and O–H groups in total. The van der Waals surface area contributed by atoms with Gasteiger partial charge in [0.2, 0.25) is 5.91 Å². The first kappa shape index (κ1) is 48.1. The number of thioether (sulfide) groups is 1. The molecule has 2 rings (SSSR count). The molecule has 0 aliphatic rings. The molecule has 0 aliphatic heterocycles. The van der Waals surface area contributed by atoms with E-state index in [0.29, 0.717) is 56.6 Å². The summed E-state index contributed by atoms with van der Waals surface area (Å²) in [6.45, 7) is 5.84. The zero-order chi connectivity index (χ0) is 40.8. The van der Waals surface area contributed by atoms with E-state index in [1.165, 1.54) is 16.4 Å². The van der Waals surface area contributed by atoms with Crippen molar-refractivity contribution in [2.75, 3.05) is 71.5 Å². The number of hydrazine groups is 1. The van der Waals surface area contributed by atoms with Gasteiger partial charge in [-0.3, -0.25) is 19.9 Å². The van der Waals surface area contributed by atoms with Crippen LogP contribution in [0.5, 0.6) is 0 Å². The number of benzene rings is 2. The molecule has 0 radical (unpaired) electrons. The van der Waals surface area contributed by atoms with E-state index in [-0.39, 0.29) is 23.0 Å². The van der Waals surface area contributed by atoms with Crippen molar-refractivity contribution in [3.63, 3.8) is 0 Å². The standard InChI is InChI=1S/C38H64N12O4S2/c1-54-27-26-49(25-14-23-47-50(38(42)53)56-28-12-11-21-45-37(41)48-35(52)31-17-7-4-8-18-31)24-13-22-43-33(34(39)51)32(55-2)19-9-10-20-44-36(40)46-29-30-15-5-3-6-16-30/h3-8,15-18,32-33,43,47H,9-14,19-29H2,1-2H3,(H2,39,51)(H2,42,53)(H3,40,44,46)(H3,41,45,48,52). The van der Waals surface area contributed by atoms with Crippen molar-refractivity contribution in [3.8, 4) is 0 Å². The Labute approximate surface area is 341 Å². The van der Waals surface area contributed by atoms with Crippen LogP contribution in [0.4, 0.5) is 4.79 Å². The first-order valence-electron chi connectivity index (χ1n) is 19.1. The maximum absolute atomic E-state index is 12.4. The number of ether oxygens (including phenoxy) is 1. The van der Waals surface area contributed by atoms with E-state index in [2.05, 4.69) is 36.3 Å². The van der Waals surface area contributed by atoms with E-state index in [9.17, 15) is 14.4 Å². The smallest absolute Gasteiger partial charge is 0.339 e. The number of hydrogen-bond acceptors (Lipinski definition) is 11. The Balaban J connectivity index is 1.65. The molecule has 4 amide bonds. The third-order valence-corrected chi connectivity index (χ3v) is 10.7. The van der Waals surface area contributed by atoms with E-state index < -0.39 is 12.1 Å². The summed E-state index contributed by atoms with van der Waals surface area (Å²) in [6, 6.07) is 17.8. The summed E-state index contributed by atoms with van der Waals surface area (Å²) < 4.78 is 6.69. The topological polar surface area (TPSA) is 244 Å². The number of nitrogens with two attached hydrogens (primary N) is 4. The molecule has 2 unspecified atom stereocenters. The highest BCUT2D eigenvalue weighted by molar-refractivity contribution is 7.99. The normalized spacial score (nSPS) is 13.0. The van der Waals surface area contributed by atoms with Crippen molar-refractivity contribution in [2.45, 2.75) is 62.8 Å². The second-order valence-electron chi connectivity index (χ2n) is 12.9. The van der Waals surface area contributed by atoms with Gasteiger partial charge in [-0.05, 0) is 94.1 Å². The van der Waals surface area contributed by atoms with Crippen LogP contribution in [-0.4, -0.2) is 122 Å². The number of nitrogens with one attached hydrogen (secondary N) is 4. The van der Waals surface area contributed by atoms with Crippen molar-refractivity contribution in [3.05, 3.63) is 71.8 Å². The average molecular weight is 817 g/mol. The van der Waals surface area contributed by atoms with Gasteiger partial charge in [0.15, 0.2) is 11.9 Å². The van der Waals surface area contributed by atoms with Crippen LogP contribution in [-0.2, 0) is 16.1 Å². The summed E-state index contributed by atoms with van der Waals surface area (Å²) in [7, 11) is 1.68. The van der Waals surface area contributed by atoms with E-state index in [0.717, 1.165) is 70.1 Å². The molecule has 312 valence electrons. The number of aliphatic imine (C=N–C) groups is 2. The van der Waals surface area contributed by atoms with E-state index in [1.807, 2.05) is 42.7 Å². The second-order valence-corrected chi connectivity index (χ2v) is 15.0. The molecule has 0 aliphatic carbocycles. The highest BCUT2D eigenvalue weighted by Crippen LogP contribution is 2.19. The third-order valence-electron chi connectivity index (χ3n) is 8.54. The molecular formula is C38H64N12O4S2. The fraction of sp³-hybridized carbons (Fsp3) is 0.553. The van der Waals surface area contributed by atoms with Crippen molar-refractivity contribution < 1.29 is 19.1 Å². The quantitative estimate of drug-likeness (QED) is 0.0186. The van der Waals surface area contributed by atoms with Gasteiger partial charge in [-0.1, -0.05) is 55.0 Å². The molecule has 56 heavy (non-hydrogen) atoms. The van der Waals surface area contributed by atoms with Gasteiger partial charge in [-0.2, -0.15) is 16.2 Å². The molecule has 0 saturated carbocycles. The largest absolute Gasteiger partial charge is 0.383 e. The average Bonchev–Trinajstić information content (AvgIpc) is 3.19. The van der Waals surface area contributed by atoms with Crippen LogP contribution >= 0.6 is 23.7 Å². The zero-order valence-electron chi connectivity index (χ0n) is 33.0. The Bertz CT molecular complexity index is 1440.